The van der Waals surface area contributed by atoms with Crippen molar-refractivity contribution in [1.29, 1.82) is 0 Å². The van der Waals surface area contributed by atoms with Crippen LogP contribution in [0.25, 0.3) is 0 Å². The summed E-state index contributed by atoms with van der Waals surface area (Å²) in [5, 5.41) is 7.55. The molecular weight excluding hydrogens is 387 g/mol. The number of halogens is 2. The molecule has 0 aliphatic carbocycles. The Kier molecular flexibility index (Phi) is 6.04. The number of benzene rings is 2. The van der Waals surface area contributed by atoms with Crippen LogP contribution in [0.4, 0.5) is 5.69 Å². The van der Waals surface area contributed by atoms with Crippen LogP contribution < -0.4 is 10.1 Å². The molecule has 0 unspecified atom stereocenters. The summed E-state index contributed by atoms with van der Waals surface area (Å²) in [6.45, 7) is 4.12. The first-order chi connectivity index (χ1) is 12.9. The van der Waals surface area contributed by atoms with Crippen LogP contribution in [0.1, 0.15) is 22.6 Å². The molecule has 0 spiro atoms. The third-order valence-electron chi connectivity index (χ3n) is 4.06. The molecule has 1 amide bonds. The van der Waals surface area contributed by atoms with Crippen molar-refractivity contribution in [2.75, 3.05) is 5.32 Å². The van der Waals surface area contributed by atoms with E-state index in [4.69, 9.17) is 32.5 Å². The highest BCUT2D eigenvalue weighted by atomic mass is 35.5. The van der Waals surface area contributed by atoms with Crippen molar-refractivity contribution in [2.45, 2.75) is 26.9 Å². The Hall–Kier alpha value is -2.50. The van der Waals surface area contributed by atoms with Gasteiger partial charge in [0.05, 0.1) is 27.7 Å². The molecule has 0 aliphatic rings. The molecule has 0 atom stereocenters. The molecule has 27 heavy (non-hydrogen) atoms. The summed E-state index contributed by atoms with van der Waals surface area (Å²) in [6, 6.07) is 12.4. The second-order valence-corrected chi connectivity index (χ2v) is 6.90. The number of carbonyl (C=O) groups is 1. The zero-order valence-corrected chi connectivity index (χ0v) is 16.4. The van der Waals surface area contributed by atoms with Gasteiger partial charge >= 0.3 is 0 Å². The van der Waals surface area contributed by atoms with Gasteiger partial charge in [0, 0.05) is 5.69 Å². The van der Waals surface area contributed by atoms with Gasteiger partial charge in [0.15, 0.2) is 0 Å². The molecule has 1 aromatic heterocycles. The van der Waals surface area contributed by atoms with Crippen LogP contribution >= 0.6 is 23.2 Å². The Bertz CT molecular complexity index is 933. The van der Waals surface area contributed by atoms with Crippen molar-refractivity contribution in [3.05, 3.63) is 75.1 Å². The molecule has 0 radical (unpaired) electrons. The van der Waals surface area contributed by atoms with E-state index in [0.29, 0.717) is 28.1 Å². The highest BCUT2D eigenvalue weighted by Gasteiger charge is 2.10. The van der Waals surface area contributed by atoms with Crippen LogP contribution in [0.5, 0.6) is 5.75 Å². The average Bonchev–Trinajstić information content (AvgIpc) is 2.96. The lowest BCUT2D eigenvalue weighted by molar-refractivity contribution is -0.115. The predicted octanol–water partition coefficient (Wildman–Crippen LogP) is 5.36. The van der Waals surface area contributed by atoms with Gasteiger partial charge in [0.25, 0.3) is 0 Å². The summed E-state index contributed by atoms with van der Waals surface area (Å²) < 4.78 is 10.9. The Balaban J connectivity index is 1.55. The van der Waals surface area contributed by atoms with Crippen molar-refractivity contribution >= 4 is 34.8 Å². The number of nitrogens with zero attached hydrogens (tertiary/aromatic N) is 1. The number of nitrogens with one attached hydrogen (secondary N) is 1. The number of anilines is 1. The number of carbonyl (C=O) groups excluding carboxylic acids is 1. The van der Waals surface area contributed by atoms with Crippen LogP contribution in [-0.4, -0.2) is 11.1 Å². The molecule has 0 fully saturated rings. The van der Waals surface area contributed by atoms with E-state index in [1.54, 1.807) is 18.2 Å². The van der Waals surface area contributed by atoms with Crippen molar-refractivity contribution in [3.63, 3.8) is 0 Å². The van der Waals surface area contributed by atoms with E-state index in [0.717, 1.165) is 22.6 Å². The van der Waals surface area contributed by atoms with Gasteiger partial charge in [0.1, 0.15) is 18.1 Å². The summed E-state index contributed by atoms with van der Waals surface area (Å²) >= 11 is 11.8. The minimum Gasteiger partial charge on any atom is -0.489 e. The Morgan fingerprint density at radius 1 is 1.11 bits per heavy atom. The van der Waals surface area contributed by atoms with Crippen LogP contribution in [0.2, 0.25) is 10.0 Å². The number of aromatic nitrogens is 1. The topological polar surface area (TPSA) is 64.4 Å². The largest absolute Gasteiger partial charge is 0.489 e. The average molecular weight is 405 g/mol. The van der Waals surface area contributed by atoms with Gasteiger partial charge in [-0.25, -0.2) is 0 Å². The lowest BCUT2D eigenvalue weighted by Gasteiger charge is -2.08. The fourth-order valence-corrected chi connectivity index (χ4v) is 2.83. The maximum atomic E-state index is 12.2. The van der Waals surface area contributed by atoms with Crippen LogP contribution in [0, 0.1) is 13.8 Å². The fourth-order valence-electron chi connectivity index (χ4n) is 2.53. The molecule has 0 bridgehead atoms. The highest BCUT2D eigenvalue weighted by molar-refractivity contribution is 6.42. The predicted molar refractivity (Wildman–Crippen MR) is 106 cm³/mol. The number of aryl methyl sites for hydroxylation is 2. The van der Waals surface area contributed by atoms with E-state index >= 15 is 0 Å². The number of amides is 1. The molecule has 0 saturated carbocycles. The Morgan fingerprint density at radius 2 is 1.85 bits per heavy atom. The molecule has 3 aromatic rings. The van der Waals surface area contributed by atoms with Gasteiger partial charge < -0.3 is 14.6 Å². The zero-order valence-electron chi connectivity index (χ0n) is 14.9. The molecule has 1 heterocycles. The van der Waals surface area contributed by atoms with Crippen LogP contribution in [0.3, 0.4) is 0 Å². The molecule has 3 rings (SSSR count). The van der Waals surface area contributed by atoms with Crippen molar-refractivity contribution in [3.8, 4) is 5.75 Å². The molecule has 7 heteroatoms. The first-order valence-electron chi connectivity index (χ1n) is 8.31. The molecule has 140 valence electrons. The van der Waals surface area contributed by atoms with Gasteiger partial charge in [-0.3, -0.25) is 4.79 Å². The molecule has 5 nitrogen and oxygen atoms in total. The first-order valence-corrected chi connectivity index (χ1v) is 9.06. The third-order valence-corrected chi connectivity index (χ3v) is 4.79. The van der Waals surface area contributed by atoms with Crippen molar-refractivity contribution < 1.29 is 14.1 Å². The van der Waals surface area contributed by atoms with Gasteiger partial charge in [-0.15, -0.1) is 0 Å². The quantitative estimate of drug-likeness (QED) is 0.600. The van der Waals surface area contributed by atoms with Gasteiger partial charge in [-0.1, -0.05) is 40.5 Å². The van der Waals surface area contributed by atoms with Crippen LogP contribution in [-0.2, 0) is 17.8 Å². The number of hydrogen-bond donors (Lipinski definition) is 1. The standard InChI is InChI=1S/C20H18Cl2N2O3/c1-12-17(13(2)27-24-12)11-26-16-6-3-14(4-7-16)9-20(25)23-15-5-8-18(21)19(22)10-15/h3-8,10H,9,11H2,1-2H3,(H,23,25). The van der Waals surface area contributed by atoms with Gasteiger partial charge in [-0.05, 0) is 49.7 Å². The van der Waals surface area contributed by atoms with Crippen LogP contribution in [0.15, 0.2) is 47.0 Å². The zero-order chi connectivity index (χ0) is 19.4. The minimum atomic E-state index is -0.141. The third kappa shape index (κ3) is 5.02. The summed E-state index contributed by atoms with van der Waals surface area (Å²) in [6.07, 6.45) is 0.240. The molecule has 0 saturated heterocycles. The van der Waals surface area contributed by atoms with E-state index in [9.17, 15) is 4.79 Å². The maximum Gasteiger partial charge on any atom is 0.228 e. The van der Waals surface area contributed by atoms with Crippen molar-refractivity contribution in [1.82, 2.24) is 5.16 Å². The highest BCUT2D eigenvalue weighted by Crippen LogP contribution is 2.25. The smallest absolute Gasteiger partial charge is 0.228 e. The lowest BCUT2D eigenvalue weighted by Crippen LogP contribution is -2.14. The van der Waals surface area contributed by atoms with Gasteiger partial charge in [0.2, 0.25) is 5.91 Å². The Labute approximate surface area is 167 Å². The molecule has 1 N–H and O–H groups in total. The number of ether oxygens (including phenoxy) is 1. The number of hydrogen-bond acceptors (Lipinski definition) is 4. The van der Waals surface area contributed by atoms with E-state index in [2.05, 4.69) is 10.5 Å². The second-order valence-electron chi connectivity index (χ2n) is 6.09. The minimum absolute atomic E-state index is 0.141. The van der Waals surface area contributed by atoms with E-state index in [1.165, 1.54) is 0 Å². The Morgan fingerprint density at radius 3 is 2.48 bits per heavy atom. The second kappa shape index (κ2) is 8.46. The summed E-state index contributed by atoms with van der Waals surface area (Å²) in [5.41, 5.74) is 3.24. The molecular formula is C20H18Cl2N2O3. The van der Waals surface area contributed by atoms with E-state index in [-0.39, 0.29) is 12.3 Å². The summed E-state index contributed by atoms with van der Waals surface area (Å²) in [7, 11) is 0. The summed E-state index contributed by atoms with van der Waals surface area (Å²) in [5.74, 6) is 1.32. The maximum absolute atomic E-state index is 12.2. The monoisotopic (exact) mass is 404 g/mol. The van der Waals surface area contributed by atoms with Gasteiger partial charge in [-0.2, -0.15) is 0 Å². The number of rotatable bonds is 6. The van der Waals surface area contributed by atoms with Crippen molar-refractivity contribution in [2.24, 2.45) is 0 Å². The first kappa shape index (κ1) is 19.3. The normalized spacial score (nSPS) is 10.7. The van der Waals surface area contributed by atoms with E-state index < -0.39 is 0 Å². The SMILES string of the molecule is Cc1noc(C)c1COc1ccc(CC(=O)Nc2ccc(Cl)c(Cl)c2)cc1. The molecule has 2 aromatic carbocycles. The van der Waals surface area contributed by atoms with E-state index in [1.807, 2.05) is 38.1 Å². The lowest BCUT2D eigenvalue weighted by atomic mass is 10.1. The summed E-state index contributed by atoms with van der Waals surface area (Å²) in [4.78, 5) is 12.2. The molecule has 0 aliphatic heterocycles. The fraction of sp³-hybridized carbons (Fsp3) is 0.200.